The number of hydrogen-bond acceptors (Lipinski definition) is 5. The van der Waals surface area contributed by atoms with Gasteiger partial charge in [-0.3, -0.25) is 9.89 Å². The highest BCUT2D eigenvalue weighted by molar-refractivity contribution is 6.35. The quantitative estimate of drug-likeness (QED) is 0.380. The molecule has 0 spiro atoms. The van der Waals surface area contributed by atoms with Gasteiger partial charge in [-0.2, -0.15) is 10.2 Å². The summed E-state index contributed by atoms with van der Waals surface area (Å²) < 4.78 is 2.21. The maximum atomic E-state index is 13.4. The Morgan fingerprint density at radius 1 is 1.22 bits per heavy atom. The van der Waals surface area contributed by atoms with Crippen LogP contribution in [0.15, 0.2) is 29.3 Å². The van der Waals surface area contributed by atoms with E-state index in [1.165, 1.54) is 0 Å². The standard InChI is InChI=1S/C26H29ClN8O2/c1-3-17-11-28-24-22(10-16-9-21(27)23-19(12-29-32-23)20(16)13-35(17)24)30-26(37)34-6-4-15(5-7-34)18-8-14(2)31-33-25(18)36/h8-9,11-12,15,22H,3-7,10,13H2,1-2H3,(H,29,32)(H,30,37)(H,33,36)/t22-/m1/s1. The number of nitrogens with one attached hydrogen (secondary N) is 3. The number of hydrogen-bond donors (Lipinski definition) is 3. The van der Waals surface area contributed by atoms with Crippen LogP contribution in [0.5, 0.6) is 0 Å². The van der Waals surface area contributed by atoms with Crippen LogP contribution in [0.25, 0.3) is 10.9 Å². The highest BCUT2D eigenvalue weighted by Crippen LogP contribution is 2.35. The topological polar surface area (TPSA) is 125 Å². The van der Waals surface area contributed by atoms with Crippen molar-refractivity contribution in [3.8, 4) is 0 Å². The molecule has 37 heavy (non-hydrogen) atoms. The fourth-order valence-corrected chi connectivity index (χ4v) is 6.05. The van der Waals surface area contributed by atoms with Gasteiger partial charge in [-0.05, 0) is 55.4 Å². The van der Waals surface area contributed by atoms with Crippen LogP contribution in [0.2, 0.25) is 5.02 Å². The average molecular weight is 521 g/mol. The molecule has 0 bridgehead atoms. The van der Waals surface area contributed by atoms with Gasteiger partial charge in [0.25, 0.3) is 5.56 Å². The van der Waals surface area contributed by atoms with E-state index in [-0.39, 0.29) is 23.6 Å². The minimum atomic E-state index is -0.294. The van der Waals surface area contributed by atoms with Gasteiger partial charge < -0.3 is 14.8 Å². The molecule has 3 aromatic heterocycles. The molecule has 1 saturated heterocycles. The number of carbonyl (C=O) groups excluding carboxylic acids is 1. The Bertz CT molecular complexity index is 1550. The lowest BCUT2D eigenvalue weighted by Gasteiger charge is -2.33. The molecule has 4 aromatic rings. The van der Waals surface area contributed by atoms with E-state index in [1.807, 2.05) is 36.4 Å². The Hall–Kier alpha value is -3.66. The minimum absolute atomic E-state index is 0.116. The van der Waals surface area contributed by atoms with Gasteiger partial charge in [-0.15, -0.1) is 0 Å². The molecule has 5 heterocycles. The molecule has 0 radical (unpaired) electrons. The predicted molar refractivity (Wildman–Crippen MR) is 140 cm³/mol. The van der Waals surface area contributed by atoms with E-state index in [9.17, 15) is 9.59 Å². The minimum Gasteiger partial charge on any atom is -0.328 e. The highest BCUT2D eigenvalue weighted by Gasteiger charge is 2.31. The van der Waals surface area contributed by atoms with Crippen LogP contribution in [0.1, 0.15) is 65.6 Å². The van der Waals surface area contributed by atoms with Crippen molar-refractivity contribution in [2.45, 2.75) is 58.0 Å². The summed E-state index contributed by atoms with van der Waals surface area (Å²) in [5.74, 6) is 0.965. The third-order valence-electron chi connectivity index (χ3n) is 7.76. The van der Waals surface area contributed by atoms with Gasteiger partial charge >= 0.3 is 6.03 Å². The van der Waals surface area contributed by atoms with Crippen LogP contribution in [0, 0.1) is 6.92 Å². The number of rotatable bonds is 3. The van der Waals surface area contributed by atoms with Gasteiger partial charge in [-0.25, -0.2) is 14.9 Å². The summed E-state index contributed by atoms with van der Waals surface area (Å²) in [6.07, 6.45) is 6.62. The number of piperidine rings is 1. The van der Waals surface area contributed by atoms with Gasteiger partial charge in [0.05, 0.1) is 35.0 Å². The molecule has 1 atom stereocenters. The molecule has 10 nitrogen and oxygen atoms in total. The fraction of sp³-hybridized carbons (Fsp3) is 0.423. The molecule has 2 aliphatic heterocycles. The van der Waals surface area contributed by atoms with E-state index < -0.39 is 0 Å². The summed E-state index contributed by atoms with van der Waals surface area (Å²) in [5, 5.41) is 18.7. The van der Waals surface area contributed by atoms with E-state index in [0.717, 1.165) is 64.1 Å². The zero-order chi connectivity index (χ0) is 25.7. The van der Waals surface area contributed by atoms with Gasteiger partial charge in [0.2, 0.25) is 0 Å². The molecule has 3 N–H and O–H groups in total. The van der Waals surface area contributed by atoms with Gasteiger partial charge in [0.15, 0.2) is 0 Å². The van der Waals surface area contributed by atoms with Crippen LogP contribution in [-0.2, 0) is 19.4 Å². The van der Waals surface area contributed by atoms with Crippen molar-refractivity contribution in [2.24, 2.45) is 0 Å². The lowest BCUT2D eigenvalue weighted by Crippen LogP contribution is -2.46. The molecule has 0 unspecified atom stereocenters. The van der Waals surface area contributed by atoms with E-state index in [2.05, 4.69) is 37.2 Å². The van der Waals surface area contributed by atoms with Crippen molar-refractivity contribution in [1.29, 1.82) is 0 Å². The summed E-state index contributed by atoms with van der Waals surface area (Å²) in [6, 6.07) is 3.43. The summed E-state index contributed by atoms with van der Waals surface area (Å²) in [4.78, 5) is 32.3. The van der Waals surface area contributed by atoms with E-state index >= 15 is 0 Å². The number of H-pyrrole nitrogens is 2. The lowest BCUT2D eigenvalue weighted by atomic mass is 9.90. The Morgan fingerprint density at radius 2 is 2.03 bits per heavy atom. The molecule has 0 saturated carbocycles. The number of imidazole rings is 1. The third-order valence-corrected chi connectivity index (χ3v) is 8.05. The van der Waals surface area contributed by atoms with Crippen LogP contribution in [0.3, 0.4) is 0 Å². The third kappa shape index (κ3) is 4.19. The van der Waals surface area contributed by atoms with E-state index in [0.29, 0.717) is 31.1 Å². The van der Waals surface area contributed by atoms with Crippen molar-refractivity contribution in [3.05, 3.63) is 73.8 Å². The maximum absolute atomic E-state index is 13.4. The first kappa shape index (κ1) is 23.7. The number of halogens is 1. The monoisotopic (exact) mass is 520 g/mol. The molecule has 1 aromatic carbocycles. The van der Waals surface area contributed by atoms with Crippen LogP contribution in [-0.4, -0.2) is 54.0 Å². The smallest absolute Gasteiger partial charge is 0.317 e. The number of amides is 2. The summed E-state index contributed by atoms with van der Waals surface area (Å²) in [6.45, 7) is 5.79. The Balaban J connectivity index is 1.24. The lowest BCUT2D eigenvalue weighted by molar-refractivity contribution is 0.176. The van der Waals surface area contributed by atoms with Crippen LogP contribution in [0.4, 0.5) is 4.79 Å². The second-order valence-electron chi connectivity index (χ2n) is 9.96. The average Bonchev–Trinajstić information content (AvgIpc) is 3.52. The first-order chi connectivity index (χ1) is 17.9. The number of benzene rings is 1. The number of nitrogens with zero attached hydrogens (tertiary/aromatic N) is 5. The Labute approximate surface area is 218 Å². The summed E-state index contributed by atoms with van der Waals surface area (Å²) >= 11 is 6.58. The molecule has 0 aliphatic carbocycles. The number of aromatic amines is 2. The van der Waals surface area contributed by atoms with E-state index in [4.69, 9.17) is 16.6 Å². The number of aromatic nitrogens is 6. The fourth-order valence-electron chi connectivity index (χ4n) is 5.77. The van der Waals surface area contributed by atoms with Crippen molar-refractivity contribution < 1.29 is 4.79 Å². The second kappa shape index (κ2) is 9.33. The number of urea groups is 1. The zero-order valence-corrected chi connectivity index (χ0v) is 21.6. The molecule has 2 amide bonds. The van der Waals surface area contributed by atoms with Gasteiger partial charge in [0.1, 0.15) is 5.82 Å². The summed E-state index contributed by atoms with van der Waals surface area (Å²) in [7, 11) is 0. The van der Waals surface area contributed by atoms with Gasteiger partial charge in [-0.1, -0.05) is 18.5 Å². The number of carbonyl (C=O) groups is 1. The molecule has 6 rings (SSSR count). The number of aryl methyl sites for hydroxylation is 2. The summed E-state index contributed by atoms with van der Waals surface area (Å²) in [5.41, 5.74) is 5.58. The SMILES string of the molecule is CCc1cnc2n1Cc1c(cc(Cl)c3[nH]ncc13)C[C@H]2NC(=O)N1CCC(c2cc(C)n[nH]c2=O)CC1. The van der Waals surface area contributed by atoms with Gasteiger partial charge in [0, 0.05) is 42.4 Å². The van der Waals surface area contributed by atoms with Crippen LogP contribution < -0.4 is 10.9 Å². The first-order valence-electron chi connectivity index (χ1n) is 12.7. The normalized spacial score (nSPS) is 17.9. The Morgan fingerprint density at radius 3 is 2.81 bits per heavy atom. The maximum Gasteiger partial charge on any atom is 0.317 e. The second-order valence-corrected chi connectivity index (χ2v) is 10.4. The van der Waals surface area contributed by atoms with Crippen molar-refractivity contribution >= 4 is 28.5 Å². The predicted octanol–water partition coefficient (Wildman–Crippen LogP) is 3.60. The highest BCUT2D eigenvalue weighted by atomic mass is 35.5. The molecule has 192 valence electrons. The molecular weight excluding hydrogens is 492 g/mol. The molecular formula is C26H29ClN8O2. The van der Waals surface area contributed by atoms with E-state index in [1.54, 1.807) is 0 Å². The Kier molecular flexibility index (Phi) is 5.98. The molecule has 1 fully saturated rings. The first-order valence-corrected chi connectivity index (χ1v) is 13.1. The van der Waals surface area contributed by atoms with Crippen molar-refractivity contribution in [2.75, 3.05) is 13.1 Å². The molecule has 11 heteroatoms. The number of likely N-dealkylation sites (tertiary alicyclic amines) is 1. The largest absolute Gasteiger partial charge is 0.328 e. The zero-order valence-electron chi connectivity index (χ0n) is 20.8. The van der Waals surface area contributed by atoms with Crippen molar-refractivity contribution in [3.63, 3.8) is 0 Å². The van der Waals surface area contributed by atoms with Crippen LogP contribution >= 0.6 is 11.6 Å². The van der Waals surface area contributed by atoms with Crippen molar-refractivity contribution in [1.82, 2.24) is 40.2 Å². The number of fused-ring (bicyclic) bond motifs is 4. The molecule has 2 aliphatic rings.